The number of nitrogens with one attached hydrogen (secondary N) is 1. The molecule has 3 fully saturated rings. The highest BCUT2D eigenvalue weighted by Gasteiger charge is 2.53. The summed E-state index contributed by atoms with van der Waals surface area (Å²) in [5, 5.41) is 121. The number of carbonyl (C=O) groups excluding carboxylic acids is 1. The van der Waals surface area contributed by atoms with Crippen LogP contribution in [-0.4, -0.2) is 193 Å². The van der Waals surface area contributed by atoms with Crippen LogP contribution in [0.25, 0.3) is 0 Å². The Morgan fingerprint density at radius 1 is 0.368 bits per heavy atom. The molecule has 19 heteroatoms. The van der Waals surface area contributed by atoms with Crippen molar-refractivity contribution in [3.63, 3.8) is 0 Å². The summed E-state index contributed by atoms with van der Waals surface area (Å²) < 4.78 is 34.4. The number of hydrogen-bond acceptors (Lipinski definition) is 18. The molecule has 0 aromatic heterocycles. The van der Waals surface area contributed by atoms with Crippen molar-refractivity contribution in [3.8, 4) is 0 Å². The number of aliphatic hydroxyl groups excluding tert-OH is 11. The van der Waals surface area contributed by atoms with Crippen molar-refractivity contribution < 1.29 is 89.4 Å². The van der Waals surface area contributed by atoms with Crippen molar-refractivity contribution in [3.05, 3.63) is 24.3 Å². The first-order valence-electron chi connectivity index (χ1n) is 39.1. The Morgan fingerprint density at radius 3 is 1.05 bits per heavy atom. The molecule has 560 valence electrons. The topological polar surface area (TPSA) is 307 Å². The molecule has 0 spiro atoms. The van der Waals surface area contributed by atoms with E-state index in [2.05, 4.69) is 31.3 Å². The van der Waals surface area contributed by atoms with Crippen molar-refractivity contribution in [2.45, 2.75) is 426 Å². The third kappa shape index (κ3) is 38.8. The number of hydrogen-bond donors (Lipinski definition) is 12. The largest absolute Gasteiger partial charge is 0.394 e. The van der Waals surface area contributed by atoms with E-state index in [0.29, 0.717) is 12.8 Å². The molecule has 0 aliphatic carbocycles. The van der Waals surface area contributed by atoms with E-state index in [-0.39, 0.29) is 18.9 Å². The van der Waals surface area contributed by atoms with E-state index in [0.717, 1.165) is 38.5 Å². The van der Waals surface area contributed by atoms with Gasteiger partial charge >= 0.3 is 0 Å². The van der Waals surface area contributed by atoms with Gasteiger partial charge in [-0.15, -0.1) is 0 Å². The normalized spacial score (nSPS) is 27.3. The lowest BCUT2D eigenvalue weighted by Gasteiger charge is -2.48. The van der Waals surface area contributed by atoms with Crippen LogP contribution < -0.4 is 5.32 Å². The summed E-state index contributed by atoms with van der Waals surface area (Å²) in [5.74, 6) is -0.279. The van der Waals surface area contributed by atoms with E-state index >= 15 is 0 Å². The minimum atomic E-state index is -1.98. The van der Waals surface area contributed by atoms with Crippen LogP contribution in [0.15, 0.2) is 24.3 Å². The summed E-state index contributed by atoms with van der Waals surface area (Å²) in [7, 11) is 0. The Bertz CT molecular complexity index is 1810. The maximum atomic E-state index is 13.4. The van der Waals surface area contributed by atoms with Crippen molar-refractivity contribution in [1.29, 1.82) is 0 Å². The minimum Gasteiger partial charge on any atom is -0.394 e. The second kappa shape index (κ2) is 57.8. The van der Waals surface area contributed by atoms with E-state index in [1.54, 1.807) is 6.08 Å². The fourth-order valence-corrected chi connectivity index (χ4v) is 13.4. The summed E-state index contributed by atoms with van der Waals surface area (Å²) in [5.41, 5.74) is 0. The summed E-state index contributed by atoms with van der Waals surface area (Å²) >= 11 is 0. The molecule has 3 aliphatic heterocycles. The zero-order valence-electron chi connectivity index (χ0n) is 59.7. The van der Waals surface area contributed by atoms with Gasteiger partial charge in [-0.05, 0) is 32.1 Å². The van der Waals surface area contributed by atoms with E-state index in [4.69, 9.17) is 28.4 Å². The average Bonchev–Trinajstić information content (AvgIpc) is 0.787. The van der Waals surface area contributed by atoms with Gasteiger partial charge in [0.15, 0.2) is 18.9 Å². The number of aliphatic hydroxyl groups is 11. The van der Waals surface area contributed by atoms with Gasteiger partial charge in [-0.25, -0.2) is 0 Å². The molecule has 3 rings (SSSR count). The smallest absolute Gasteiger partial charge is 0.220 e. The average molecular weight is 1360 g/mol. The predicted octanol–water partition coefficient (Wildman–Crippen LogP) is 12.2. The summed E-state index contributed by atoms with van der Waals surface area (Å²) in [6.45, 7) is 1.76. The van der Waals surface area contributed by atoms with Gasteiger partial charge in [0.05, 0.1) is 38.6 Å². The second-order valence-corrected chi connectivity index (χ2v) is 28.2. The lowest BCUT2D eigenvalue weighted by Crippen LogP contribution is -2.66. The van der Waals surface area contributed by atoms with Crippen molar-refractivity contribution in [2.24, 2.45) is 0 Å². The molecule has 0 aromatic rings. The lowest BCUT2D eigenvalue weighted by atomic mass is 9.96. The van der Waals surface area contributed by atoms with E-state index in [1.807, 2.05) is 6.08 Å². The molecule has 3 aliphatic rings. The van der Waals surface area contributed by atoms with Crippen LogP contribution in [0.2, 0.25) is 0 Å². The van der Waals surface area contributed by atoms with Gasteiger partial charge in [0, 0.05) is 6.42 Å². The molecule has 17 atom stereocenters. The number of carbonyl (C=O) groups is 1. The van der Waals surface area contributed by atoms with Gasteiger partial charge < -0.3 is 89.9 Å². The van der Waals surface area contributed by atoms with E-state index in [9.17, 15) is 61.0 Å². The molecule has 1 amide bonds. The molecular formula is C76H143NO18. The molecule has 3 saturated heterocycles. The fraction of sp³-hybridized carbons (Fsp3) is 0.934. The lowest BCUT2D eigenvalue weighted by molar-refractivity contribution is -0.379. The van der Waals surface area contributed by atoms with Gasteiger partial charge in [-0.2, -0.15) is 0 Å². The van der Waals surface area contributed by atoms with Crippen molar-refractivity contribution in [2.75, 3.05) is 26.4 Å². The first-order valence-corrected chi connectivity index (χ1v) is 39.1. The quantitative estimate of drug-likeness (QED) is 0.0199. The number of ether oxygens (including phenoxy) is 6. The molecule has 19 nitrogen and oxygen atoms in total. The first kappa shape index (κ1) is 87.5. The number of allylic oxidation sites excluding steroid dienone is 3. The van der Waals surface area contributed by atoms with Gasteiger partial charge in [0.1, 0.15) is 73.2 Å². The maximum Gasteiger partial charge on any atom is 0.220 e. The predicted molar refractivity (Wildman–Crippen MR) is 374 cm³/mol. The number of unbranched alkanes of at least 4 members (excludes halogenated alkanes) is 44. The number of rotatable bonds is 62. The molecule has 17 unspecified atom stereocenters. The number of amides is 1. The molecule has 0 aromatic carbocycles. The fourth-order valence-electron chi connectivity index (χ4n) is 13.4. The van der Waals surface area contributed by atoms with Crippen LogP contribution in [0.5, 0.6) is 0 Å². The van der Waals surface area contributed by atoms with Crippen LogP contribution in [-0.2, 0) is 33.2 Å². The molecule has 12 N–H and O–H groups in total. The minimum absolute atomic E-state index is 0.241. The van der Waals surface area contributed by atoms with Crippen LogP contribution in [0.1, 0.15) is 322 Å². The highest BCUT2D eigenvalue weighted by Crippen LogP contribution is 2.33. The maximum absolute atomic E-state index is 13.4. The molecular weight excluding hydrogens is 1210 g/mol. The van der Waals surface area contributed by atoms with Gasteiger partial charge in [0.2, 0.25) is 5.91 Å². The second-order valence-electron chi connectivity index (χ2n) is 28.2. The zero-order valence-corrected chi connectivity index (χ0v) is 59.7. The van der Waals surface area contributed by atoms with Crippen LogP contribution in [0, 0.1) is 0 Å². The zero-order chi connectivity index (χ0) is 68.9. The van der Waals surface area contributed by atoms with Gasteiger partial charge in [-0.3, -0.25) is 4.79 Å². The SMILES string of the molecule is CCCCCCCCCCCCC/C=C/CC/C=C/C(O)C(COC1OC(CO)C(OC2OC(CO)C(OC3OC(CO)C(O)C(O)C3O)C(O)C2O)C(O)C1O)NC(=O)CCCCCCCCCCCCCCCCCCCCCCCCCCCCCCCCCCC. The highest BCUT2D eigenvalue weighted by atomic mass is 16.8. The van der Waals surface area contributed by atoms with Gasteiger partial charge in [-0.1, -0.05) is 308 Å². The summed E-state index contributed by atoms with van der Waals surface area (Å²) in [4.78, 5) is 13.4. The Hall–Kier alpha value is -1.73. The van der Waals surface area contributed by atoms with E-state index < -0.39 is 124 Å². The van der Waals surface area contributed by atoms with Crippen LogP contribution in [0.3, 0.4) is 0 Å². The summed E-state index contributed by atoms with van der Waals surface area (Å²) in [6, 6.07) is -0.987. The Kier molecular flexibility index (Phi) is 53.3. The van der Waals surface area contributed by atoms with Crippen molar-refractivity contribution >= 4 is 5.91 Å². The third-order valence-electron chi connectivity index (χ3n) is 19.8. The Labute approximate surface area is 575 Å². The molecule has 95 heavy (non-hydrogen) atoms. The van der Waals surface area contributed by atoms with Gasteiger partial charge in [0.25, 0.3) is 0 Å². The first-order chi connectivity index (χ1) is 46.3. The van der Waals surface area contributed by atoms with Crippen LogP contribution >= 0.6 is 0 Å². The Balaban J connectivity index is 1.35. The molecule has 0 saturated carbocycles. The highest BCUT2D eigenvalue weighted by molar-refractivity contribution is 5.76. The van der Waals surface area contributed by atoms with Crippen LogP contribution in [0.4, 0.5) is 0 Å². The molecule has 3 heterocycles. The molecule has 0 radical (unpaired) electrons. The standard InChI is InChI=1S/C76H143NO18/c1-3-5-7-9-11-13-15-17-19-21-22-23-24-25-26-27-28-29-30-31-32-33-34-35-36-38-40-42-44-46-48-50-52-54-64(82)77-59(60(81)53-51-49-47-45-43-41-39-37-20-18-16-14-12-10-8-6-4-2)58-90-74-70(88)67(85)72(62(56-79)92-74)95-76-71(89)68(86)73(63(57-80)93-76)94-75-69(87)66(84)65(83)61(55-78)91-75/h43,45,51,53,59-63,65-76,78-81,83-89H,3-42,44,46-50,52,54-58H2,1-2H3,(H,77,82)/b45-43+,53-51+. The molecule has 0 bridgehead atoms. The van der Waals surface area contributed by atoms with Crippen molar-refractivity contribution in [1.82, 2.24) is 5.32 Å². The van der Waals surface area contributed by atoms with E-state index in [1.165, 1.54) is 250 Å². The summed E-state index contributed by atoms with van der Waals surface area (Å²) in [6.07, 6.45) is 41.9. The monoisotopic (exact) mass is 1360 g/mol. The third-order valence-corrected chi connectivity index (χ3v) is 19.8. The Morgan fingerprint density at radius 2 is 0.674 bits per heavy atom.